The highest BCUT2D eigenvalue weighted by Gasteiger charge is 2.23. The molecule has 0 aliphatic heterocycles. The molecule has 1 aliphatic rings. The summed E-state index contributed by atoms with van der Waals surface area (Å²) in [7, 11) is 0. The lowest BCUT2D eigenvalue weighted by Crippen LogP contribution is -2.12. The zero-order valence-electron chi connectivity index (χ0n) is 18.2. The third kappa shape index (κ3) is 4.61. The van der Waals surface area contributed by atoms with Crippen molar-refractivity contribution in [1.29, 1.82) is 15.8 Å². The van der Waals surface area contributed by atoms with Crippen LogP contribution in [0.1, 0.15) is 46.4 Å². The Balaban J connectivity index is 1.51. The summed E-state index contributed by atoms with van der Waals surface area (Å²) >= 11 is 2.74. The normalized spacial score (nSPS) is 12.1. The first-order valence-electron chi connectivity index (χ1n) is 10.7. The van der Waals surface area contributed by atoms with Gasteiger partial charge in [0.25, 0.3) is 0 Å². The number of pyridine rings is 1. The molecule has 3 N–H and O–H groups in total. The van der Waals surface area contributed by atoms with Gasteiger partial charge in [0, 0.05) is 22.6 Å². The van der Waals surface area contributed by atoms with Crippen LogP contribution in [0, 0.1) is 34.0 Å². The van der Waals surface area contributed by atoms with Crippen molar-refractivity contribution in [1.82, 2.24) is 4.98 Å². The molecule has 1 aliphatic carbocycles. The van der Waals surface area contributed by atoms with Gasteiger partial charge in [0.05, 0.1) is 11.1 Å². The van der Waals surface area contributed by atoms with Crippen molar-refractivity contribution in [2.75, 3.05) is 16.8 Å². The molecule has 0 atom stereocenters. The molecule has 1 amide bonds. The number of hydrogen-bond donors (Lipinski definition) is 2. The summed E-state index contributed by atoms with van der Waals surface area (Å²) in [6.07, 6.45) is 4.18. The summed E-state index contributed by atoms with van der Waals surface area (Å²) < 4.78 is 0. The average molecular weight is 485 g/mol. The lowest BCUT2D eigenvalue weighted by atomic mass is 9.96. The molecule has 2 heterocycles. The van der Waals surface area contributed by atoms with E-state index < -0.39 is 0 Å². The summed E-state index contributed by atoms with van der Waals surface area (Å²) in [5, 5.41) is 32.9. The molecule has 0 saturated heterocycles. The van der Waals surface area contributed by atoms with Crippen molar-refractivity contribution in [3.63, 3.8) is 0 Å². The number of aryl methyl sites for hydroxylation is 1. The monoisotopic (exact) mass is 484 g/mol. The van der Waals surface area contributed by atoms with Gasteiger partial charge in [-0.25, -0.2) is 4.98 Å². The minimum absolute atomic E-state index is 0.0510. The van der Waals surface area contributed by atoms with Gasteiger partial charge < -0.3 is 11.1 Å². The van der Waals surface area contributed by atoms with Crippen LogP contribution in [0.2, 0.25) is 0 Å². The number of thioether (sulfide) groups is 1. The van der Waals surface area contributed by atoms with Gasteiger partial charge in [0.1, 0.15) is 39.6 Å². The maximum absolute atomic E-state index is 12.6. The molecule has 2 aromatic heterocycles. The highest BCUT2D eigenvalue weighted by Crippen LogP contribution is 2.38. The number of hydrogen-bond acceptors (Lipinski definition) is 8. The van der Waals surface area contributed by atoms with E-state index >= 15 is 0 Å². The number of nitrogen functional groups attached to an aromatic ring is 1. The number of nitrogens with two attached hydrogens (primary N) is 1. The number of nitrogens with zero attached hydrogens (tertiary/aromatic N) is 4. The number of amides is 1. The van der Waals surface area contributed by atoms with Crippen LogP contribution in [0.4, 0.5) is 10.8 Å². The molecule has 0 spiro atoms. The van der Waals surface area contributed by atoms with Crippen molar-refractivity contribution in [3.8, 4) is 29.3 Å². The van der Waals surface area contributed by atoms with E-state index in [1.807, 2.05) is 30.3 Å². The minimum atomic E-state index is -0.203. The molecule has 0 radical (unpaired) electrons. The van der Waals surface area contributed by atoms with Crippen LogP contribution < -0.4 is 11.1 Å². The largest absolute Gasteiger partial charge is 0.383 e. The van der Waals surface area contributed by atoms with E-state index in [2.05, 4.69) is 28.5 Å². The van der Waals surface area contributed by atoms with Crippen LogP contribution in [0.25, 0.3) is 11.1 Å². The SMILES string of the molecule is N#Cc1c(NC(=O)CCSc2nc(N)c(C#N)c(-c3ccccc3)c2C#N)sc2c1CCCC2. The number of nitriles is 3. The molecule has 4 rings (SSSR count). The highest BCUT2D eigenvalue weighted by atomic mass is 32.2. The molecule has 9 heteroatoms. The van der Waals surface area contributed by atoms with Crippen molar-refractivity contribution < 1.29 is 4.79 Å². The lowest BCUT2D eigenvalue weighted by molar-refractivity contribution is -0.115. The Kier molecular flexibility index (Phi) is 7.13. The van der Waals surface area contributed by atoms with E-state index in [0.717, 1.165) is 31.2 Å². The smallest absolute Gasteiger partial charge is 0.225 e. The van der Waals surface area contributed by atoms with Crippen molar-refractivity contribution >= 4 is 39.8 Å². The summed E-state index contributed by atoms with van der Waals surface area (Å²) in [4.78, 5) is 18.1. The van der Waals surface area contributed by atoms with Gasteiger partial charge in [-0.2, -0.15) is 15.8 Å². The minimum Gasteiger partial charge on any atom is -0.383 e. The highest BCUT2D eigenvalue weighted by molar-refractivity contribution is 7.99. The van der Waals surface area contributed by atoms with E-state index in [-0.39, 0.29) is 29.3 Å². The fourth-order valence-corrected chi connectivity index (χ4v) is 6.19. The number of nitrogens with one attached hydrogen (secondary N) is 1. The maximum atomic E-state index is 12.6. The van der Waals surface area contributed by atoms with Crippen LogP contribution in [0.5, 0.6) is 0 Å². The van der Waals surface area contributed by atoms with Gasteiger partial charge in [0.2, 0.25) is 5.91 Å². The molecule has 0 saturated carbocycles. The Morgan fingerprint density at radius 2 is 1.76 bits per heavy atom. The number of anilines is 2. The molecular weight excluding hydrogens is 464 g/mol. The van der Waals surface area contributed by atoms with Gasteiger partial charge in [-0.15, -0.1) is 23.1 Å². The number of rotatable bonds is 6. The Hall–Kier alpha value is -3.84. The number of carbonyl (C=O) groups excluding carboxylic acids is 1. The summed E-state index contributed by atoms with van der Waals surface area (Å²) in [6, 6.07) is 15.6. The fourth-order valence-electron chi connectivity index (χ4n) is 4.00. The number of aromatic nitrogens is 1. The van der Waals surface area contributed by atoms with Crippen molar-refractivity contribution in [3.05, 3.63) is 57.5 Å². The van der Waals surface area contributed by atoms with E-state index in [1.54, 1.807) is 0 Å². The molecule has 34 heavy (non-hydrogen) atoms. The number of thiophene rings is 1. The fraction of sp³-hybridized carbons (Fsp3) is 0.240. The maximum Gasteiger partial charge on any atom is 0.225 e. The second-order valence-corrected chi connectivity index (χ2v) is 9.88. The molecule has 0 bridgehead atoms. The third-order valence-electron chi connectivity index (χ3n) is 5.58. The van der Waals surface area contributed by atoms with Gasteiger partial charge >= 0.3 is 0 Å². The van der Waals surface area contributed by atoms with E-state index in [1.165, 1.54) is 28.0 Å². The van der Waals surface area contributed by atoms with Crippen LogP contribution in [-0.2, 0) is 17.6 Å². The third-order valence-corrected chi connectivity index (χ3v) is 7.77. The first kappa shape index (κ1) is 23.3. The zero-order chi connectivity index (χ0) is 24.1. The lowest BCUT2D eigenvalue weighted by Gasteiger charge is -2.13. The Bertz CT molecular complexity index is 1380. The topological polar surface area (TPSA) is 139 Å². The first-order valence-corrected chi connectivity index (χ1v) is 12.5. The van der Waals surface area contributed by atoms with Gasteiger partial charge in [-0.05, 0) is 36.8 Å². The van der Waals surface area contributed by atoms with Crippen LogP contribution in [-0.4, -0.2) is 16.6 Å². The zero-order valence-corrected chi connectivity index (χ0v) is 19.9. The summed E-state index contributed by atoms with van der Waals surface area (Å²) in [5.74, 6) is 0.209. The van der Waals surface area contributed by atoms with E-state index in [0.29, 0.717) is 32.5 Å². The molecule has 3 aromatic rings. The molecule has 168 valence electrons. The van der Waals surface area contributed by atoms with Gasteiger partial charge in [-0.1, -0.05) is 30.3 Å². The summed E-state index contributed by atoms with van der Waals surface area (Å²) in [6.45, 7) is 0. The van der Waals surface area contributed by atoms with Crippen LogP contribution in [0.3, 0.4) is 0 Å². The number of carbonyl (C=O) groups is 1. The Labute approximate surface area is 205 Å². The molecule has 0 unspecified atom stereocenters. The number of fused-ring (bicyclic) bond motifs is 1. The van der Waals surface area contributed by atoms with E-state index in [9.17, 15) is 20.6 Å². The average Bonchev–Trinajstić information content (AvgIpc) is 3.20. The van der Waals surface area contributed by atoms with Crippen molar-refractivity contribution in [2.45, 2.75) is 37.1 Å². The van der Waals surface area contributed by atoms with Crippen LogP contribution in [0.15, 0.2) is 35.4 Å². The number of benzene rings is 1. The van der Waals surface area contributed by atoms with Gasteiger partial charge in [0.15, 0.2) is 0 Å². The van der Waals surface area contributed by atoms with Crippen molar-refractivity contribution in [2.24, 2.45) is 0 Å². The van der Waals surface area contributed by atoms with Gasteiger partial charge in [-0.3, -0.25) is 4.79 Å². The Morgan fingerprint density at radius 3 is 2.47 bits per heavy atom. The quantitative estimate of drug-likeness (QED) is 0.469. The predicted molar refractivity (Wildman–Crippen MR) is 133 cm³/mol. The second-order valence-electron chi connectivity index (χ2n) is 7.69. The molecular formula is C25H20N6OS2. The predicted octanol–water partition coefficient (Wildman–Crippen LogP) is 5.01. The first-order chi connectivity index (χ1) is 16.6. The Morgan fingerprint density at radius 1 is 1.06 bits per heavy atom. The molecule has 1 aromatic carbocycles. The van der Waals surface area contributed by atoms with Crippen LogP contribution >= 0.6 is 23.1 Å². The second kappa shape index (κ2) is 10.4. The van der Waals surface area contributed by atoms with E-state index in [4.69, 9.17) is 5.73 Å². The standard InChI is InChI=1S/C25H20N6OS2/c26-12-17-16-8-4-5-9-20(16)34-25(17)30-21(32)10-11-33-24-19(14-28)22(15-6-2-1-3-7-15)18(13-27)23(29)31-24/h1-3,6-7H,4-5,8-11H2,(H2,29,31)(H,30,32). The molecule has 0 fully saturated rings. The summed E-state index contributed by atoms with van der Waals surface area (Å²) in [5.41, 5.74) is 9.29. The molecule has 7 nitrogen and oxygen atoms in total.